The van der Waals surface area contributed by atoms with Crippen LogP contribution >= 0.6 is 15.9 Å². The van der Waals surface area contributed by atoms with Crippen LogP contribution in [-0.2, 0) is 17.8 Å². The molecule has 8 heteroatoms. The Morgan fingerprint density at radius 3 is 2.82 bits per heavy atom. The highest BCUT2D eigenvalue weighted by molar-refractivity contribution is 9.10. The van der Waals surface area contributed by atoms with E-state index < -0.39 is 0 Å². The van der Waals surface area contributed by atoms with Gasteiger partial charge in [0.1, 0.15) is 19.8 Å². The predicted octanol–water partition coefficient (Wildman–Crippen LogP) is 2.29. The quantitative estimate of drug-likeness (QED) is 0.653. The third kappa shape index (κ3) is 4.01. The summed E-state index contributed by atoms with van der Waals surface area (Å²) in [4.78, 5) is 29.0. The second-order valence-corrected chi connectivity index (χ2v) is 7.33. The summed E-state index contributed by atoms with van der Waals surface area (Å²) in [5.41, 5.74) is 1.40. The van der Waals surface area contributed by atoms with Gasteiger partial charge in [-0.1, -0.05) is 22.0 Å². The van der Waals surface area contributed by atoms with Crippen molar-refractivity contribution < 1.29 is 14.3 Å². The second-order valence-electron chi connectivity index (χ2n) is 6.42. The molecule has 2 aromatic carbocycles. The molecule has 0 fully saturated rings. The molecule has 4 rings (SSSR count). The summed E-state index contributed by atoms with van der Waals surface area (Å²) in [6, 6.07) is 11.1. The molecule has 28 heavy (non-hydrogen) atoms. The van der Waals surface area contributed by atoms with Gasteiger partial charge in [0.15, 0.2) is 11.5 Å². The van der Waals surface area contributed by atoms with Crippen LogP contribution in [0.5, 0.6) is 11.5 Å². The van der Waals surface area contributed by atoms with E-state index in [2.05, 4.69) is 26.2 Å². The van der Waals surface area contributed by atoms with E-state index in [9.17, 15) is 9.59 Å². The van der Waals surface area contributed by atoms with Crippen molar-refractivity contribution in [2.24, 2.45) is 0 Å². The Morgan fingerprint density at radius 1 is 1.14 bits per heavy atom. The van der Waals surface area contributed by atoms with Crippen molar-refractivity contribution in [3.63, 3.8) is 0 Å². The minimum absolute atomic E-state index is 0.0740. The number of halogens is 1. The number of benzene rings is 2. The summed E-state index contributed by atoms with van der Waals surface area (Å²) in [6.45, 7) is 1.48. The Labute approximate surface area is 169 Å². The monoisotopic (exact) mass is 443 g/mol. The first-order valence-corrected chi connectivity index (χ1v) is 9.69. The predicted molar refractivity (Wildman–Crippen MR) is 108 cm³/mol. The molecule has 144 valence electrons. The first kappa shape index (κ1) is 18.5. The number of carbonyl (C=O) groups is 1. The van der Waals surface area contributed by atoms with Crippen LogP contribution in [0.2, 0.25) is 0 Å². The number of carbonyl (C=O) groups excluding carboxylic acids is 1. The van der Waals surface area contributed by atoms with Crippen LogP contribution in [0.15, 0.2) is 52.0 Å². The van der Waals surface area contributed by atoms with E-state index in [1.807, 2.05) is 24.3 Å². The van der Waals surface area contributed by atoms with E-state index in [-0.39, 0.29) is 18.0 Å². The molecule has 0 radical (unpaired) electrons. The summed E-state index contributed by atoms with van der Waals surface area (Å²) in [7, 11) is 0. The van der Waals surface area contributed by atoms with Gasteiger partial charge in [0, 0.05) is 11.0 Å². The van der Waals surface area contributed by atoms with E-state index in [4.69, 9.17) is 9.47 Å². The summed E-state index contributed by atoms with van der Waals surface area (Å²) in [6.07, 6.45) is 2.05. The highest BCUT2D eigenvalue weighted by atomic mass is 79.9. The molecule has 0 atom stereocenters. The van der Waals surface area contributed by atoms with Crippen LogP contribution in [0.25, 0.3) is 10.9 Å². The van der Waals surface area contributed by atoms with Crippen molar-refractivity contribution in [1.29, 1.82) is 0 Å². The van der Waals surface area contributed by atoms with Gasteiger partial charge in [-0.2, -0.15) is 0 Å². The van der Waals surface area contributed by atoms with E-state index in [0.717, 1.165) is 21.5 Å². The maximum atomic E-state index is 12.5. The first-order chi connectivity index (χ1) is 13.6. The molecule has 0 unspecified atom stereocenters. The molecule has 0 saturated carbocycles. The standard InChI is InChI=1S/C20H18BrN3O4/c21-14-2-3-16-15(10-14)20(26)24(12-23-16)11-19(25)22-6-5-13-1-4-17-18(9-13)28-8-7-27-17/h1-4,9-10,12H,5-8,11H2,(H,22,25). The van der Waals surface area contributed by atoms with Crippen molar-refractivity contribution in [3.8, 4) is 11.5 Å². The molecule has 0 aliphatic carbocycles. The van der Waals surface area contributed by atoms with Gasteiger partial charge < -0.3 is 14.8 Å². The minimum atomic E-state index is -0.242. The third-order valence-electron chi connectivity index (χ3n) is 4.44. The molecule has 2 heterocycles. The molecule has 3 aromatic rings. The average molecular weight is 444 g/mol. The van der Waals surface area contributed by atoms with Crippen molar-refractivity contribution in [2.75, 3.05) is 19.8 Å². The average Bonchev–Trinajstić information content (AvgIpc) is 2.70. The topological polar surface area (TPSA) is 82.5 Å². The number of aromatic nitrogens is 2. The molecule has 0 saturated heterocycles. The lowest BCUT2D eigenvalue weighted by atomic mass is 10.1. The number of hydrogen-bond donors (Lipinski definition) is 1. The molecule has 7 nitrogen and oxygen atoms in total. The number of nitrogens with one attached hydrogen (secondary N) is 1. The Hall–Kier alpha value is -2.87. The lowest BCUT2D eigenvalue weighted by Crippen LogP contribution is -2.33. The minimum Gasteiger partial charge on any atom is -0.486 e. The SMILES string of the molecule is O=C(Cn1cnc2ccc(Br)cc2c1=O)NCCc1ccc2c(c1)OCCO2. The summed E-state index contributed by atoms with van der Waals surface area (Å²) < 4.78 is 13.2. The largest absolute Gasteiger partial charge is 0.486 e. The van der Waals surface area contributed by atoms with Crippen LogP contribution in [0.3, 0.4) is 0 Å². The molecule has 1 N–H and O–H groups in total. The fraction of sp³-hybridized carbons (Fsp3) is 0.250. The Bertz CT molecular complexity index is 1100. The molecular weight excluding hydrogens is 426 g/mol. The van der Waals surface area contributed by atoms with Gasteiger partial charge in [-0.05, 0) is 42.3 Å². The number of amides is 1. The van der Waals surface area contributed by atoms with Crippen molar-refractivity contribution >= 4 is 32.7 Å². The molecule has 1 aromatic heterocycles. The number of ether oxygens (including phenoxy) is 2. The zero-order valence-corrected chi connectivity index (χ0v) is 16.6. The number of rotatable bonds is 5. The van der Waals surface area contributed by atoms with Gasteiger partial charge in [0.05, 0.1) is 17.2 Å². The van der Waals surface area contributed by atoms with Gasteiger partial charge in [0.25, 0.3) is 5.56 Å². The summed E-state index contributed by atoms with van der Waals surface area (Å²) in [5.74, 6) is 1.24. The van der Waals surface area contributed by atoms with Crippen LogP contribution in [0.4, 0.5) is 0 Å². The molecular formula is C20H18BrN3O4. The van der Waals surface area contributed by atoms with Crippen LogP contribution < -0.4 is 20.3 Å². The number of fused-ring (bicyclic) bond motifs is 2. The zero-order valence-electron chi connectivity index (χ0n) is 15.0. The van der Waals surface area contributed by atoms with Gasteiger partial charge in [0.2, 0.25) is 5.91 Å². The van der Waals surface area contributed by atoms with Crippen molar-refractivity contribution in [2.45, 2.75) is 13.0 Å². The molecule has 1 amide bonds. The molecule has 0 spiro atoms. The number of hydrogen-bond acceptors (Lipinski definition) is 5. The molecule has 1 aliphatic rings. The fourth-order valence-corrected chi connectivity index (χ4v) is 3.41. The van der Waals surface area contributed by atoms with Gasteiger partial charge in [-0.25, -0.2) is 4.98 Å². The van der Waals surface area contributed by atoms with Crippen LogP contribution in [-0.4, -0.2) is 35.2 Å². The van der Waals surface area contributed by atoms with E-state index >= 15 is 0 Å². The Balaban J connectivity index is 1.36. The van der Waals surface area contributed by atoms with Crippen molar-refractivity contribution in [3.05, 3.63) is 63.1 Å². The highest BCUT2D eigenvalue weighted by Crippen LogP contribution is 2.30. The fourth-order valence-electron chi connectivity index (χ4n) is 3.04. The molecule has 0 bridgehead atoms. The summed E-state index contributed by atoms with van der Waals surface area (Å²) in [5, 5.41) is 3.31. The van der Waals surface area contributed by atoms with Gasteiger partial charge >= 0.3 is 0 Å². The lowest BCUT2D eigenvalue weighted by molar-refractivity contribution is -0.121. The van der Waals surface area contributed by atoms with Crippen molar-refractivity contribution in [1.82, 2.24) is 14.9 Å². The first-order valence-electron chi connectivity index (χ1n) is 8.90. The van der Waals surface area contributed by atoms with E-state index in [1.165, 1.54) is 10.9 Å². The number of nitrogens with zero attached hydrogens (tertiary/aromatic N) is 2. The Morgan fingerprint density at radius 2 is 1.96 bits per heavy atom. The van der Waals surface area contributed by atoms with E-state index in [1.54, 1.807) is 12.1 Å². The second kappa shape index (κ2) is 8.02. The maximum absolute atomic E-state index is 12.5. The van der Waals surface area contributed by atoms with Crippen LogP contribution in [0.1, 0.15) is 5.56 Å². The molecule has 1 aliphatic heterocycles. The summed E-state index contributed by atoms with van der Waals surface area (Å²) >= 11 is 3.35. The normalized spacial score (nSPS) is 12.8. The van der Waals surface area contributed by atoms with Crippen LogP contribution in [0, 0.1) is 0 Å². The third-order valence-corrected chi connectivity index (χ3v) is 4.94. The van der Waals surface area contributed by atoms with Gasteiger partial charge in [-0.3, -0.25) is 14.2 Å². The van der Waals surface area contributed by atoms with Gasteiger partial charge in [-0.15, -0.1) is 0 Å². The lowest BCUT2D eigenvalue weighted by Gasteiger charge is -2.18. The maximum Gasteiger partial charge on any atom is 0.261 e. The highest BCUT2D eigenvalue weighted by Gasteiger charge is 2.12. The van der Waals surface area contributed by atoms with E-state index in [0.29, 0.717) is 37.1 Å². The smallest absolute Gasteiger partial charge is 0.261 e. The zero-order chi connectivity index (χ0) is 19.5. The Kier molecular flexibility index (Phi) is 5.29.